The van der Waals surface area contributed by atoms with Crippen LogP contribution in [0.5, 0.6) is 0 Å². The van der Waals surface area contributed by atoms with E-state index >= 15 is 0 Å². The smallest absolute Gasteiger partial charge is 0.218 e. The van der Waals surface area contributed by atoms with Crippen molar-refractivity contribution in [3.05, 3.63) is 59.9 Å². The molecule has 0 aliphatic carbocycles. The van der Waals surface area contributed by atoms with E-state index in [4.69, 9.17) is 10.5 Å². The maximum atomic E-state index is 14.4. The van der Waals surface area contributed by atoms with Crippen molar-refractivity contribution < 1.29 is 13.9 Å². The van der Waals surface area contributed by atoms with E-state index in [0.29, 0.717) is 24.5 Å². The predicted octanol–water partition coefficient (Wildman–Crippen LogP) is 4.37. The number of halogens is 1. The van der Waals surface area contributed by atoms with E-state index in [1.54, 1.807) is 6.07 Å². The van der Waals surface area contributed by atoms with Gasteiger partial charge in [0, 0.05) is 18.8 Å². The Morgan fingerprint density at radius 2 is 2.00 bits per heavy atom. The molecule has 3 atom stereocenters. The van der Waals surface area contributed by atoms with Crippen molar-refractivity contribution in [3.63, 3.8) is 0 Å². The van der Waals surface area contributed by atoms with Crippen LogP contribution in [0.15, 0.2) is 53.5 Å². The van der Waals surface area contributed by atoms with Gasteiger partial charge in [0.05, 0.1) is 6.04 Å². The zero-order chi connectivity index (χ0) is 20.1. The van der Waals surface area contributed by atoms with Crippen molar-refractivity contribution in [1.82, 2.24) is 0 Å². The van der Waals surface area contributed by atoms with Crippen molar-refractivity contribution in [2.75, 3.05) is 6.61 Å². The highest BCUT2D eigenvalue weighted by Crippen LogP contribution is 2.27. The third kappa shape index (κ3) is 4.77. The summed E-state index contributed by atoms with van der Waals surface area (Å²) in [5.74, 6) is 0.106. The van der Waals surface area contributed by atoms with E-state index in [1.165, 1.54) is 6.07 Å². The van der Waals surface area contributed by atoms with Crippen molar-refractivity contribution in [3.8, 4) is 11.1 Å². The van der Waals surface area contributed by atoms with E-state index in [-0.39, 0.29) is 36.0 Å². The number of amides is 1. The van der Waals surface area contributed by atoms with Gasteiger partial charge in [-0.15, -0.1) is 0 Å². The number of aliphatic imine (C=N–C) groups is 1. The monoisotopic (exact) mass is 382 g/mol. The fourth-order valence-electron chi connectivity index (χ4n) is 3.57. The molecule has 2 aromatic rings. The lowest BCUT2D eigenvalue weighted by molar-refractivity contribution is -0.118. The van der Waals surface area contributed by atoms with Crippen molar-refractivity contribution in [1.29, 1.82) is 0 Å². The zero-order valence-corrected chi connectivity index (χ0v) is 16.4. The van der Waals surface area contributed by atoms with Gasteiger partial charge >= 0.3 is 0 Å². The van der Waals surface area contributed by atoms with Gasteiger partial charge in [0.1, 0.15) is 12.4 Å². The molecule has 5 heteroatoms. The molecule has 4 nitrogen and oxygen atoms in total. The van der Waals surface area contributed by atoms with Crippen LogP contribution >= 0.6 is 0 Å². The first-order chi connectivity index (χ1) is 13.5. The Hall–Kier alpha value is -2.69. The average Bonchev–Trinajstić information content (AvgIpc) is 3.16. The molecule has 0 spiro atoms. The number of rotatable bonds is 8. The largest absolute Gasteiger partial charge is 0.478 e. The molecule has 28 heavy (non-hydrogen) atoms. The van der Waals surface area contributed by atoms with Gasteiger partial charge in [0.25, 0.3) is 0 Å². The molecule has 1 aliphatic rings. The molecule has 0 aromatic heterocycles. The topological polar surface area (TPSA) is 64.7 Å². The molecule has 2 aromatic carbocycles. The molecule has 1 unspecified atom stereocenters. The lowest BCUT2D eigenvalue weighted by atomic mass is 9.88. The van der Waals surface area contributed by atoms with Crippen LogP contribution in [-0.4, -0.2) is 24.5 Å². The van der Waals surface area contributed by atoms with Gasteiger partial charge < -0.3 is 10.5 Å². The second-order valence-corrected chi connectivity index (χ2v) is 7.47. The highest BCUT2D eigenvalue weighted by Gasteiger charge is 2.31. The average molecular weight is 382 g/mol. The molecule has 2 N–H and O–H groups in total. The number of hydrogen-bond donors (Lipinski definition) is 1. The van der Waals surface area contributed by atoms with Crippen LogP contribution in [0.2, 0.25) is 0 Å². The Bertz CT molecular complexity index is 851. The molecule has 1 heterocycles. The fraction of sp³-hybridized carbons (Fsp3) is 0.391. The predicted molar refractivity (Wildman–Crippen MR) is 109 cm³/mol. The van der Waals surface area contributed by atoms with Crippen molar-refractivity contribution in [2.45, 2.75) is 39.2 Å². The number of nitrogens with two attached hydrogens (primary N) is 1. The maximum absolute atomic E-state index is 14.4. The Balaban J connectivity index is 1.78. The standard InChI is InChI=1S/C23H27FN2O2/c1-3-15(2)20(13-22(25)27)23-26-19(14-28-23)12-18-11-17(9-10-21(18)24)16-7-5-4-6-8-16/h4-11,15,19-20H,3,12-14H2,1-2H3,(H2,25,27)/t15-,19?,20-/m0/s1. The van der Waals surface area contributed by atoms with Gasteiger partial charge in [-0.2, -0.15) is 0 Å². The molecule has 1 aliphatic heterocycles. The minimum absolute atomic E-state index is 0.118. The van der Waals surface area contributed by atoms with Crippen molar-refractivity contribution in [2.24, 2.45) is 22.6 Å². The summed E-state index contributed by atoms with van der Waals surface area (Å²) in [5.41, 5.74) is 8.05. The SMILES string of the molecule is CC[C@H](C)[C@H](CC(N)=O)C1=NC(Cc2cc(-c3ccccc3)ccc2F)CO1. The molecule has 0 radical (unpaired) electrons. The first-order valence-corrected chi connectivity index (χ1v) is 9.80. The Labute approximate surface area is 165 Å². The first-order valence-electron chi connectivity index (χ1n) is 9.80. The van der Waals surface area contributed by atoms with Gasteiger partial charge in [0.2, 0.25) is 5.91 Å². The number of carbonyl (C=O) groups is 1. The molecule has 3 rings (SSSR count). The highest BCUT2D eigenvalue weighted by atomic mass is 19.1. The first kappa shape index (κ1) is 20.1. The second kappa shape index (κ2) is 9.00. The van der Waals surface area contributed by atoms with Crippen LogP contribution in [0.3, 0.4) is 0 Å². The third-order valence-corrected chi connectivity index (χ3v) is 5.41. The minimum Gasteiger partial charge on any atom is -0.478 e. The van der Waals surface area contributed by atoms with Crippen LogP contribution in [0.1, 0.15) is 32.3 Å². The molecule has 0 bridgehead atoms. The van der Waals surface area contributed by atoms with Crippen LogP contribution in [0.25, 0.3) is 11.1 Å². The van der Waals surface area contributed by atoms with E-state index in [1.807, 2.05) is 36.4 Å². The molecular formula is C23H27FN2O2. The number of nitrogens with zero attached hydrogens (tertiary/aromatic N) is 1. The summed E-state index contributed by atoms with van der Waals surface area (Å²) < 4.78 is 20.2. The van der Waals surface area contributed by atoms with Crippen LogP contribution in [0.4, 0.5) is 4.39 Å². The molecule has 0 fully saturated rings. The maximum Gasteiger partial charge on any atom is 0.218 e. The van der Waals surface area contributed by atoms with E-state index in [9.17, 15) is 9.18 Å². The van der Waals surface area contributed by atoms with Gasteiger partial charge in [0.15, 0.2) is 5.90 Å². The number of ether oxygens (including phenoxy) is 1. The molecular weight excluding hydrogens is 355 g/mol. The van der Waals surface area contributed by atoms with Crippen molar-refractivity contribution >= 4 is 11.8 Å². The lowest BCUT2D eigenvalue weighted by Crippen LogP contribution is -2.28. The number of hydrogen-bond acceptors (Lipinski definition) is 3. The Kier molecular flexibility index (Phi) is 6.45. The third-order valence-electron chi connectivity index (χ3n) is 5.41. The summed E-state index contributed by atoms with van der Waals surface area (Å²) in [6, 6.07) is 14.9. The Morgan fingerprint density at radius 3 is 2.68 bits per heavy atom. The quantitative estimate of drug-likeness (QED) is 0.737. The normalized spacial score (nSPS) is 18.2. The zero-order valence-electron chi connectivity index (χ0n) is 16.4. The minimum atomic E-state index is -0.360. The van der Waals surface area contributed by atoms with Crippen LogP contribution in [-0.2, 0) is 16.0 Å². The van der Waals surface area contributed by atoms with Gasteiger partial charge in [-0.25, -0.2) is 9.38 Å². The molecule has 0 saturated carbocycles. The molecule has 0 saturated heterocycles. The van der Waals surface area contributed by atoms with E-state index in [0.717, 1.165) is 17.5 Å². The molecule has 1 amide bonds. The second-order valence-electron chi connectivity index (χ2n) is 7.47. The summed E-state index contributed by atoms with van der Waals surface area (Å²) in [6.07, 6.45) is 1.58. The van der Waals surface area contributed by atoms with E-state index in [2.05, 4.69) is 18.8 Å². The summed E-state index contributed by atoms with van der Waals surface area (Å²) in [6.45, 7) is 4.53. The molecule has 148 valence electrons. The number of benzene rings is 2. The number of carbonyl (C=O) groups excluding carboxylic acids is 1. The van der Waals surface area contributed by atoms with Crippen LogP contribution < -0.4 is 5.73 Å². The van der Waals surface area contributed by atoms with Crippen LogP contribution in [0, 0.1) is 17.7 Å². The van der Waals surface area contributed by atoms with E-state index < -0.39 is 0 Å². The Morgan fingerprint density at radius 1 is 1.25 bits per heavy atom. The van der Waals surface area contributed by atoms with Gasteiger partial charge in [-0.3, -0.25) is 4.79 Å². The number of primary amides is 1. The van der Waals surface area contributed by atoms with Gasteiger partial charge in [-0.05, 0) is 34.7 Å². The lowest BCUT2D eigenvalue weighted by Gasteiger charge is -2.20. The summed E-state index contributed by atoms with van der Waals surface area (Å²) in [4.78, 5) is 16.1. The summed E-state index contributed by atoms with van der Waals surface area (Å²) in [7, 11) is 0. The summed E-state index contributed by atoms with van der Waals surface area (Å²) >= 11 is 0. The highest BCUT2D eigenvalue weighted by molar-refractivity contribution is 5.86. The van der Waals surface area contributed by atoms with Gasteiger partial charge in [-0.1, -0.05) is 56.7 Å². The summed E-state index contributed by atoms with van der Waals surface area (Å²) in [5, 5.41) is 0. The fourth-order valence-corrected chi connectivity index (χ4v) is 3.57.